The van der Waals surface area contributed by atoms with Crippen molar-refractivity contribution in [3.63, 3.8) is 0 Å². The number of rotatable bonds is 6. The van der Waals surface area contributed by atoms with Gasteiger partial charge in [-0.2, -0.15) is 0 Å². The Morgan fingerprint density at radius 3 is 1.65 bits per heavy atom. The van der Waals surface area contributed by atoms with Crippen LogP contribution in [0.25, 0.3) is 0 Å². The minimum absolute atomic E-state index is 0.269. The molecule has 4 heteroatoms. The molecule has 0 heterocycles. The van der Waals surface area contributed by atoms with E-state index in [9.17, 15) is 14.7 Å². The fourth-order valence-corrected chi connectivity index (χ4v) is 2.51. The van der Waals surface area contributed by atoms with Crippen LogP contribution in [0.15, 0.2) is 60.7 Å². The summed E-state index contributed by atoms with van der Waals surface area (Å²) in [5, 5.41) is 12.4. The molecule has 0 aliphatic heterocycles. The van der Waals surface area contributed by atoms with E-state index in [1.54, 1.807) is 13.8 Å². The highest BCUT2D eigenvalue weighted by atomic mass is 16.4. The van der Waals surface area contributed by atoms with Crippen LogP contribution in [0.1, 0.15) is 30.9 Å². The zero-order valence-electron chi connectivity index (χ0n) is 13.3. The topological polar surface area (TPSA) is 66.4 Å². The lowest BCUT2D eigenvalue weighted by Crippen LogP contribution is -2.46. The first-order valence-electron chi connectivity index (χ1n) is 7.63. The highest BCUT2D eigenvalue weighted by Crippen LogP contribution is 2.28. The molecule has 0 saturated carbocycles. The number of carbonyl (C=O) groups excluding carboxylic acids is 1. The second-order valence-electron chi connectivity index (χ2n) is 5.78. The number of carbonyl (C=O) groups is 2. The minimum atomic E-state index is -1.04. The molecule has 2 N–H and O–H groups in total. The van der Waals surface area contributed by atoms with Gasteiger partial charge in [0, 0.05) is 11.8 Å². The predicted octanol–water partition coefficient (Wildman–Crippen LogP) is 3.04. The molecular formula is C19H21NO3. The van der Waals surface area contributed by atoms with Crippen molar-refractivity contribution in [3.05, 3.63) is 71.8 Å². The standard InChI is InChI=1S/C19H21NO3/c1-13(2)18(21)20-17(19(22)23)16(14-9-5-3-6-10-14)15-11-7-4-8-12-15/h3-13,16-17H,1-2H3,(H,20,21)(H,22,23)/t17-/m0/s1. The smallest absolute Gasteiger partial charge is 0.327 e. The molecule has 0 aliphatic carbocycles. The molecule has 0 unspecified atom stereocenters. The van der Waals surface area contributed by atoms with Crippen LogP contribution in [0.5, 0.6) is 0 Å². The van der Waals surface area contributed by atoms with Crippen LogP contribution in [0.2, 0.25) is 0 Å². The van der Waals surface area contributed by atoms with Gasteiger partial charge in [-0.05, 0) is 11.1 Å². The Bertz CT molecular complexity index is 613. The van der Waals surface area contributed by atoms with Gasteiger partial charge >= 0.3 is 5.97 Å². The van der Waals surface area contributed by atoms with E-state index in [0.29, 0.717) is 0 Å². The Morgan fingerprint density at radius 2 is 1.30 bits per heavy atom. The summed E-state index contributed by atoms with van der Waals surface area (Å²) in [5.41, 5.74) is 1.71. The van der Waals surface area contributed by atoms with E-state index < -0.39 is 17.9 Å². The largest absolute Gasteiger partial charge is 0.480 e. The molecule has 1 atom stereocenters. The average molecular weight is 311 g/mol. The van der Waals surface area contributed by atoms with E-state index in [-0.39, 0.29) is 11.8 Å². The summed E-state index contributed by atoms with van der Waals surface area (Å²) in [6.07, 6.45) is 0. The number of benzene rings is 2. The number of carboxylic acid groups (broad SMARTS) is 1. The molecule has 1 amide bonds. The van der Waals surface area contributed by atoms with Gasteiger partial charge in [-0.15, -0.1) is 0 Å². The van der Waals surface area contributed by atoms with Crippen molar-refractivity contribution in [2.24, 2.45) is 5.92 Å². The first-order chi connectivity index (χ1) is 11.0. The van der Waals surface area contributed by atoms with Crippen LogP contribution < -0.4 is 5.32 Å². The summed E-state index contributed by atoms with van der Waals surface area (Å²) in [6.45, 7) is 3.49. The Kier molecular flexibility index (Phi) is 5.52. The number of amides is 1. The number of aliphatic carboxylic acids is 1. The molecular weight excluding hydrogens is 290 g/mol. The Morgan fingerprint density at radius 1 is 0.870 bits per heavy atom. The van der Waals surface area contributed by atoms with Crippen molar-refractivity contribution >= 4 is 11.9 Å². The number of nitrogens with one attached hydrogen (secondary N) is 1. The fraction of sp³-hybridized carbons (Fsp3) is 0.263. The molecule has 0 spiro atoms. The van der Waals surface area contributed by atoms with Crippen LogP contribution in [-0.4, -0.2) is 23.0 Å². The lowest BCUT2D eigenvalue weighted by atomic mass is 9.84. The summed E-state index contributed by atoms with van der Waals surface area (Å²) in [6, 6.07) is 17.8. The van der Waals surface area contributed by atoms with Crippen LogP contribution in [-0.2, 0) is 9.59 Å². The van der Waals surface area contributed by atoms with Gasteiger partial charge in [0.15, 0.2) is 0 Å². The van der Waals surface area contributed by atoms with E-state index in [2.05, 4.69) is 5.32 Å². The average Bonchev–Trinajstić information content (AvgIpc) is 2.56. The third-order valence-corrected chi connectivity index (χ3v) is 3.74. The zero-order chi connectivity index (χ0) is 16.8. The van der Waals surface area contributed by atoms with Crippen molar-refractivity contribution in [3.8, 4) is 0 Å². The highest BCUT2D eigenvalue weighted by Gasteiger charge is 2.32. The first kappa shape index (κ1) is 16.7. The van der Waals surface area contributed by atoms with Crippen LogP contribution >= 0.6 is 0 Å². The summed E-state index contributed by atoms with van der Waals surface area (Å²) in [5.74, 6) is -2.03. The molecule has 4 nitrogen and oxygen atoms in total. The zero-order valence-corrected chi connectivity index (χ0v) is 13.3. The minimum Gasteiger partial charge on any atom is -0.480 e. The SMILES string of the molecule is CC(C)C(=O)N[C@H](C(=O)O)C(c1ccccc1)c1ccccc1. The van der Waals surface area contributed by atoms with Gasteiger partial charge in [-0.3, -0.25) is 4.79 Å². The van der Waals surface area contributed by atoms with Crippen LogP contribution in [0, 0.1) is 5.92 Å². The second-order valence-corrected chi connectivity index (χ2v) is 5.78. The Labute approximate surface area is 136 Å². The van der Waals surface area contributed by atoms with Crippen molar-refractivity contribution in [1.29, 1.82) is 0 Å². The van der Waals surface area contributed by atoms with Gasteiger partial charge in [0.2, 0.25) is 5.91 Å². The van der Waals surface area contributed by atoms with E-state index in [1.807, 2.05) is 60.7 Å². The Balaban J connectivity index is 2.46. The van der Waals surface area contributed by atoms with Gasteiger partial charge in [0.1, 0.15) is 6.04 Å². The van der Waals surface area contributed by atoms with Crippen molar-refractivity contribution in [1.82, 2.24) is 5.32 Å². The highest BCUT2D eigenvalue weighted by molar-refractivity contribution is 5.85. The molecule has 23 heavy (non-hydrogen) atoms. The normalized spacial score (nSPS) is 12.2. The van der Waals surface area contributed by atoms with Gasteiger partial charge in [0.05, 0.1) is 0 Å². The molecule has 0 aromatic heterocycles. The first-order valence-corrected chi connectivity index (χ1v) is 7.63. The van der Waals surface area contributed by atoms with Crippen LogP contribution in [0.3, 0.4) is 0 Å². The van der Waals surface area contributed by atoms with E-state index >= 15 is 0 Å². The van der Waals surface area contributed by atoms with Gasteiger partial charge in [0.25, 0.3) is 0 Å². The monoisotopic (exact) mass is 311 g/mol. The molecule has 120 valence electrons. The van der Waals surface area contributed by atoms with Crippen molar-refractivity contribution < 1.29 is 14.7 Å². The fourth-order valence-electron chi connectivity index (χ4n) is 2.51. The summed E-state index contributed by atoms with van der Waals surface area (Å²) in [7, 11) is 0. The third-order valence-electron chi connectivity index (χ3n) is 3.74. The van der Waals surface area contributed by atoms with Gasteiger partial charge in [-0.25, -0.2) is 4.79 Å². The summed E-state index contributed by atoms with van der Waals surface area (Å²) >= 11 is 0. The number of hydrogen-bond donors (Lipinski definition) is 2. The number of carboxylic acids is 1. The van der Waals surface area contributed by atoms with Crippen LogP contribution in [0.4, 0.5) is 0 Å². The maximum atomic E-state index is 12.1. The maximum absolute atomic E-state index is 12.1. The molecule has 0 saturated heterocycles. The molecule has 2 aromatic carbocycles. The molecule has 2 rings (SSSR count). The summed E-state index contributed by atoms with van der Waals surface area (Å²) < 4.78 is 0. The number of hydrogen-bond acceptors (Lipinski definition) is 2. The second kappa shape index (κ2) is 7.58. The van der Waals surface area contributed by atoms with Gasteiger partial charge < -0.3 is 10.4 Å². The molecule has 0 aliphatic rings. The molecule has 0 bridgehead atoms. The van der Waals surface area contributed by atoms with Gasteiger partial charge in [-0.1, -0.05) is 74.5 Å². The van der Waals surface area contributed by atoms with E-state index in [4.69, 9.17) is 0 Å². The summed E-state index contributed by atoms with van der Waals surface area (Å²) in [4.78, 5) is 23.9. The Hall–Kier alpha value is -2.62. The quantitative estimate of drug-likeness (QED) is 0.861. The van der Waals surface area contributed by atoms with Crippen molar-refractivity contribution in [2.75, 3.05) is 0 Å². The molecule has 0 fully saturated rings. The lowest BCUT2D eigenvalue weighted by Gasteiger charge is -2.26. The molecule has 0 radical (unpaired) electrons. The lowest BCUT2D eigenvalue weighted by molar-refractivity contribution is -0.142. The third kappa shape index (κ3) is 4.19. The predicted molar refractivity (Wildman–Crippen MR) is 89.1 cm³/mol. The maximum Gasteiger partial charge on any atom is 0.327 e. The van der Waals surface area contributed by atoms with E-state index in [1.165, 1.54) is 0 Å². The van der Waals surface area contributed by atoms with Crippen molar-refractivity contribution in [2.45, 2.75) is 25.8 Å². The molecule has 2 aromatic rings. The van der Waals surface area contributed by atoms with E-state index in [0.717, 1.165) is 11.1 Å².